The Kier molecular flexibility index (Phi) is 2.06. The van der Waals surface area contributed by atoms with Crippen molar-refractivity contribution in [2.24, 2.45) is 0 Å². The molecule has 2 heterocycles. The van der Waals surface area contributed by atoms with Crippen molar-refractivity contribution in [1.29, 1.82) is 0 Å². The van der Waals surface area contributed by atoms with Crippen LogP contribution in [0.5, 0.6) is 0 Å². The summed E-state index contributed by atoms with van der Waals surface area (Å²) in [5.41, 5.74) is 0. The molecule has 0 saturated carbocycles. The number of benzene rings is 2. The average molecular weight is 263 g/mol. The third kappa shape index (κ3) is 1.34. The number of hydrogen-bond donors (Lipinski definition) is 1. The van der Waals surface area contributed by atoms with Gasteiger partial charge in [0.05, 0.1) is 11.6 Å². The van der Waals surface area contributed by atoms with Gasteiger partial charge in [-0.25, -0.2) is 4.98 Å². The summed E-state index contributed by atoms with van der Waals surface area (Å²) in [6.07, 6.45) is 5.18. The van der Waals surface area contributed by atoms with E-state index in [1.54, 1.807) is 18.6 Å². The first-order valence-corrected chi connectivity index (χ1v) is 6.16. The monoisotopic (exact) mass is 263 g/mol. The summed E-state index contributed by atoms with van der Waals surface area (Å²) in [5, 5.41) is 16.6. The summed E-state index contributed by atoms with van der Waals surface area (Å²) < 4.78 is 0. The van der Waals surface area contributed by atoms with Gasteiger partial charge in [0.1, 0.15) is 0 Å². The number of pyridine rings is 1. The molecular weight excluding hydrogens is 254 g/mol. The van der Waals surface area contributed by atoms with Gasteiger partial charge in [-0.3, -0.25) is 4.98 Å². The molecule has 4 rings (SSSR count). The number of nitrogens with zero attached hydrogens (tertiary/aromatic N) is 2. The van der Waals surface area contributed by atoms with Gasteiger partial charge in [0, 0.05) is 23.2 Å². The Balaban J connectivity index is 2.31. The van der Waals surface area contributed by atoms with Crippen LogP contribution in [0.4, 0.5) is 5.82 Å². The van der Waals surface area contributed by atoms with E-state index in [1.165, 1.54) is 0 Å². The van der Waals surface area contributed by atoms with Crippen molar-refractivity contribution in [3.8, 4) is 0 Å². The van der Waals surface area contributed by atoms with Crippen molar-refractivity contribution in [2.45, 2.75) is 0 Å². The van der Waals surface area contributed by atoms with E-state index in [4.69, 9.17) is 0 Å². The Morgan fingerprint density at radius 1 is 0.950 bits per heavy atom. The second-order valence-electron chi connectivity index (χ2n) is 4.68. The van der Waals surface area contributed by atoms with E-state index in [1.807, 2.05) is 30.3 Å². The molecule has 0 amide bonds. The number of fused-ring (bicyclic) bond motifs is 5. The van der Waals surface area contributed by atoms with Crippen molar-refractivity contribution >= 4 is 38.1 Å². The Labute approximate surface area is 113 Å². The Hall–Kier alpha value is -2.95. The first kappa shape index (κ1) is 10.9. The van der Waals surface area contributed by atoms with Crippen LogP contribution in [0.15, 0.2) is 48.9 Å². The number of H-pyrrole nitrogens is 1. The van der Waals surface area contributed by atoms with Crippen molar-refractivity contribution in [2.75, 3.05) is 0 Å². The molecule has 0 atom stereocenters. The minimum absolute atomic E-state index is 0.0203. The molecule has 0 aliphatic carbocycles. The van der Waals surface area contributed by atoms with Gasteiger partial charge in [0.25, 0.3) is 0 Å². The van der Waals surface area contributed by atoms with E-state index in [9.17, 15) is 10.1 Å². The average Bonchev–Trinajstić information content (AvgIpc) is 2.94. The van der Waals surface area contributed by atoms with Crippen LogP contribution in [0.25, 0.3) is 32.3 Å². The molecular formula is C15H9N3O2. The highest BCUT2D eigenvalue weighted by molar-refractivity contribution is 6.19. The first-order valence-electron chi connectivity index (χ1n) is 6.16. The number of hydrogen-bond acceptors (Lipinski definition) is 3. The summed E-state index contributed by atoms with van der Waals surface area (Å²) in [4.78, 5) is 17.7. The number of nitrogens with one attached hydrogen (secondary N) is 1. The quantitative estimate of drug-likeness (QED) is 0.322. The normalized spacial score (nSPS) is 11.4. The summed E-state index contributed by atoms with van der Waals surface area (Å²) in [7, 11) is 0. The molecule has 5 nitrogen and oxygen atoms in total. The lowest BCUT2D eigenvalue weighted by Gasteiger charge is -2.06. The maximum Gasteiger partial charge on any atom is 0.329 e. The van der Waals surface area contributed by atoms with Gasteiger partial charge in [0.15, 0.2) is 0 Å². The minimum Gasteiger partial charge on any atom is -0.358 e. The summed E-state index contributed by atoms with van der Waals surface area (Å²) in [6, 6.07) is 9.61. The largest absolute Gasteiger partial charge is 0.358 e. The Bertz CT molecular complexity index is 988. The SMILES string of the molecule is O=[N+]([O-])c1[nH]ccc2ccc3c4cncc4ccc3c12. The number of aromatic nitrogens is 2. The fourth-order valence-electron chi connectivity index (χ4n) is 2.74. The van der Waals surface area contributed by atoms with E-state index in [-0.39, 0.29) is 10.7 Å². The van der Waals surface area contributed by atoms with Crippen LogP contribution in [0.2, 0.25) is 0 Å². The van der Waals surface area contributed by atoms with Gasteiger partial charge in [-0.2, -0.15) is 0 Å². The molecule has 20 heavy (non-hydrogen) atoms. The van der Waals surface area contributed by atoms with Crippen molar-refractivity contribution in [1.82, 2.24) is 9.97 Å². The molecule has 1 N–H and O–H groups in total. The lowest BCUT2D eigenvalue weighted by Crippen LogP contribution is -1.93. The second kappa shape index (κ2) is 3.77. The molecule has 4 aromatic rings. The topological polar surface area (TPSA) is 71.8 Å². The third-order valence-electron chi connectivity index (χ3n) is 3.63. The fraction of sp³-hybridized carbons (Fsp3) is 0. The van der Waals surface area contributed by atoms with Gasteiger partial charge in [-0.05, 0) is 27.1 Å². The van der Waals surface area contributed by atoms with E-state index in [2.05, 4.69) is 9.97 Å². The lowest BCUT2D eigenvalue weighted by molar-refractivity contribution is -0.387. The molecule has 0 aliphatic rings. The highest BCUT2D eigenvalue weighted by Gasteiger charge is 2.14. The van der Waals surface area contributed by atoms with Crippen LogP contribution in [-0.4, -0.2) is 14.9 Å². The molecule has 96 valence electrons. The first-order chi connectivity index (χ1) is 9.75. The number of aromatic amines is 1. The predicted molar refractivity (Wildman–Crippen MR) is 77.8 cm³/mol. The molecule has 2 aromatic heterocycles. The van der Waals surface area contributed by atoms with Crippen molar-refractivity contribution in [3.05, 3.63) is 59.0 Å². The molecule has 5 heteroatoms. The summed E-state index contributed by atoms with van der Waals surface area (Å²) in [6.45, 7) is 0. The molecule has 2 aromatic carbocycles. The summed E-state index contributed by atoms with van der Waals surface area (Å²) in [5.74, 6) is 0.0203. The van der Waals surface area contributed by atoms with E-state index >= 15 is 0 Å². The van der Waals surface area contributed by atoms with Gasteiger partial charge >= 0.3 is 5.82 Å². The Morgan fingerprint density at radius 2 is 1.75 bits per heavy atom. The standard InChI is InChI=1S/C15H9N3O2/c19-18(20)15-14-9(5-6-17-15)1-3-11-12(14)4-2-10-7-16-8-13(10)11/h1-8,17H. The highest BCUT2D eigenvalue weighted by atomic mass is 16.6. The van der Waals surface area contributed by atoms with E-state index < -0.39 is 0 Å². The zero-order chi connectivity index (χ0) is 13.7. The minimum atomic E-state index is -0.380. The lowest BCUT2D eigenvalue weighted by atomic mass is 10.00. The van der Waals surface area contributed by atoms with Crippen LogP contribution in [0.1, 0.15) is 0 Å². The maximum absolute atomic E-state index is 11.2. The van der Waals surface area contributed by atoms with Gasteiger partial charge < -0.3 is 10.1 Å². The molecule has 0 fully saturated rings. The van der Waals surface area contributed by atoms with Gasteiger partial charge in [-0.15, -0.1) is 0 Å². The molecule has 0 aliphatic heterocycles. The molecule has 0 unspecified atom stereocenters. The van der Waals surface area contributed by atoms with Crippen LogP contribution in [-0.2, 0) is 0 Å². The summed E-state index contributed by atoms with van der Waals surface area (Å²) >= 11 is 0. The maximum atomic E-state index is 11.2. The third-order valence-corrected chi connectivity index (χ3v) is 3.63. The second-order valence-corrected chi connectivity index (χ2v) is 4.68. The molecule has 0 saturated heterocycles. The van der Waals surface area contributed by atoms with Gasteiger partial charge in [0.2, 0.25) is 0 Å². The van der Waals surface area contributed by atoms with Gasteiger partial charge in [-0.1, -0.05) is 24.3 Å². The molecule has 0 radical (unpaired) electrons. The van der Waals surface area contributed by atoms with Crippen molar-refractivity contribution in [3.63, 3.8) is 0 Å². The van der Waals surface area contributed by atoms with Crippen LogP contribution in [0.3, 0.4) is 0 Å². The fourth-order valence-corrected chi connectivity index (χ4v) is 2.74. The molecule has 0 spiro atoms. The zero-order valence-electron chi connectivity index (χ0n) is 10.3. The van der Waals surface area contributed by atoms with Crippen LogP contribution in [0, 0.1) is 10.1 Å². The van der Waals surface area contributed by atoms with E-state index in [0.29, 0.717) is 5.39 Å². The Morgan fingerprint density at radius 3 is 2.60 bits per heavy atom. The molecule has 0 bridgehead atoms. The van der Waals surface area contributed by atoms with Crippen LogP contribution < -0.4 is 0 Å². The number of rotatable bonds is 1. The van der Waals surface area contributed by atoms with Crippen molar-refractivity contribution < 1.29 is 4.92 Å². The van der Waals surface area contributed by atoms with E-state index in [0.717, 1.165) is 26.9 Å². The smallest absolute Gasteiger partial charge is 0.329 e. The zero-order valence-corrected chi connectivity index (χ0v) is 10.3. The number of nitro groups is 1. The van der Waals surface area contributed by atoms with Crippen LogP contribution >= 0.6 is 0 Å². The highest BCUT2D eigenvalue weighted by Crippen LogP contribution is 2.34. The predicted octanol–water partition coefficient (Wildman–Crippen LogP) is 3.78.